The minimum atomic E-state index is -0.372. The number of aryl methyl sites for hydroxylation is 1. The van der Waals surface area contributed by atoms with Gasteiger partial charge in [-0.05, 0) is 50.2 Å². The van der Waals surface area contributed by atoms with Crippen molar-refractivity contribution >= 4 is 23.5 Å². The molecule has 1 N–H and O–H groups in total. The van der Waals surface area contributed by atoms with E-state index in [0.29, 0.717) is 34.4 Å². The van der Waals surface area contributed by atoms with E-state index in [2.05, 4.69) is 22.1 Å². The molecule has 0 unspecified atom stereocenters. The van der Waals surface area contributed by atoms with Crippen molar-refractivity contribution in [1.82, 2.24) is 20.1 Å². The zero-order valence-electron chi connectivity index (χ0n) is 18.4. The predicted molar refractivity (Wildman–Crippen MR) is 125 cm³/mol. The highest BCUT2D eigenvalue weighted by molar-refractivity contribution is 7.99. The Balaban J connectivity index is 1.69. The molecule has 3 rings (SSSR count). The Bertz CT molecular complexity index is 1090. The van der Waals surface area contributed by atoms with Crippen LogP contribution in [0.4, 0.5) is 0 Å². The van der Waals surface area contributed by atoms with E-state index in [1.165, 1.54) is 11.8 Å². The van der Waals surface area contributed by atoms with Gasteiger partial charge in [-0.2, -0.15) is 0 Å². The summed E-state index contributed by atoms with van der Waals surface area (Å²) in [5.41, 5.74) is 2.27. The third-order valence-electron chi connectivity index (χ3n) is 4.85. The van der Waals surface area contributed by atoms with Gasteiger partial charge in [0.15, 0.2) is 16.8 Å². The molecule has 1 atom stereocenters. The Kier molecular flexibility index (Phi) is 7.83. The summed E-state index contributed by atoms with van der Waals surface area (Å²) in [5.74, 6) is 1.31. The summed E-state index contributed by atoms with van der Waals surface area (Å²) in [7, 11) is 1.58. The van der Waals surface area contributed by atoms with Crippen molar-refractivity contribution in [2.75, 3.05) is 12.9 Å². The molecule has 0 aliphatic rings. The summed E-state index contributed by atoms with van der Waals surface area (Å²) in [4.78, 5) is 25.1. The van der Waals surface area contributed by atoms with Crippen LogP contribution in [-0.4, -0.2) is 39.3 Å². The maximum atomic E-state index is 12.6. The minimum Gasteiger partial charge on any atom is -0.497 e. The third kappa shape index (κ3) is 5.64. The SMILES string of the molecule is C=CCn1c(SCC(=O)c2ccc(OC)cc2)nnc1[C@@H](C)NC(=O)c1ccc(C)cc1. The number of methoxy groups -OCH3 is 1. The molecule has 0 bridgehead atoms. The van der Waals surface area contributed by atoms with Gasteiger partial charge < -0.3 is 14.6 Å². The fourth-order valence-corrected chi connectivity index (χ4v) is 3.92. The first-order valence-corrected chi connectivity index (χ1v) is 11.1. The molecule has 32 heavy (non-hydrogen) atoms. The van der Waals surface area contributed by atoms with Crippen LogP contribution < -0.4 is 10.1 Å². The number of allylic oxidation sites excluding steroid dienone is 1. The van der Waals surface area contributed by atoms with Gasteiger partial charge in [0.1, 0.15) is 5.75 Å². The molecule has 1 amide bonds. The molecule has 7 nitrogen and oxygen atoms in total. The molecule has 0 aliphatic carbocycles. The monoisotopic (exact) mass is 450 g/mol. The summed E-state index contributed by atoms with van der Waals surface area (Å²) in [5, 5.41) is 12.1. The van der Waals surface area contributed by atoms with Gasteiger partial charge in [0, 0.05) is 17.7 Å². The van der Waals surface area contributed by atoms with Gasteiger partial charge in [0.05, 0.1) is 18.9 Å². The number of hydrogen-bond donors (Lipinski definition) is 1. The number of amides is 1. The van der Waals surface area contributed by atoms with Crippen molar-refractivity contribution in [1.29, 1.82) is 0 Å². The lowest BCUT2D eigenvalue weighted by Gasteiger charge is -2.15. The van der Waals surface area contributed by atoms with Crippen LogP contribution in [0.2, 0.25) is 0 Å². The number of benzene rings is 2. The van der Waals surface area contributed by atoms with E-state index in [9.17, 15) is 9.59 Å². The van der Waals surface area contributed by atoms with Crippen molar-refractivity contribution in [3.8, 4) is 5.75 Å². The average Bonchev–Trinajstić information content (AvgIpc) is 3.20. The van der Waals surface area contributed by atoms with Gasteiger partial charge in [0.2, 0.25) is 0 Å². The van der Waals surface area contributed by atoms with Crippen LogP contribution in [0.3, 0.4) is 0 Å². The number of carbonyl (C=O) groups is 2. The Morgan fingerprint density at radius 3 is 2.41 bits per heavy atom. The molecule has 0 aliphatic heterocycles. The molecular weight excluding hydrogens is 424 g/mol. The summed E-state index contributed by atoms with van der Waals surface area (Å²) in [6, 6.07) is 14.0. The van der Waals surface area contributed by atoms with Crippen molar-refractivity contribution in [3.63, 3.8) is 0 Å². The molecule has 8 heteroatoms. The lowest BCUT2D eigenvalue weighted by Crippen LogP contribution is -2.28. The lowest BCUT2D eigenvalue weighted by atomic mass is 10.1. The number of hydrogen-bond acceptors (Lipinski definition) is 6. The normalized spacial score (nSPS) is 11.6. The van der Waals surface area contributed by atoms with Gasteiger partial charge in [0.25, 0.3) is 5.91 Å². The smallest absolute Gasteiger partial charge is 0.251 e. The average molecular weight is 451 g/mol. The molecule has 3 aromatic rings. The number of nitrogens with zero attached hydrogens (tertiary/aromatic N) is 3. The van der Waals surface area contributed by atoms with Crippen LogP contribution in [-0.2, 0) is 6.54 Å². The summed E-state index contributed by atoms with van der Waals surface area (Å²) >= 11 is 1.30. The fraction of sp³-hybridized carbons (Fsp3) is 0.250. The van der Waals surface area contributed by atoms with Gasteiger partial charge >= 0.3 is 0 Å². The maximum Gasteiger partial charge on any atom is 0.251 e. The third-order valence-corrected chi connectivity index (χ3v) is 5.82. The van der Waals surface area contributed by atoms with E-state index in [1.54, 1.807) is 49.6 Å². The molecular formula is C24H26N4O3S. The second kappa shape index (κ2) is 10.8. The summed E-state index contributed by atoms with van der Waals surface area (Å²) < 4.78 is 6.99. The molecule has 2 aromatic carbocycles. The zero-order chi connectivity index (χ0) is 23.1. The summed E-state index contributed by atoms with van der Waals surface area (Å²) in [6.45, 7) is 8.09. The van der Waals surface area contributed by atoms with E-state index in [1.807, 2.05) is 30.5 Å². The molecule has 0 saturated heterocycles. The number of ketones is 1. The Morgan fingerprint density at radius 2 is 1.78 bits per heavy atom. The van der Waals surface area contributed by atoms with Crippen molar-refractivity contribution < 1.29 is 14.3 Å². The number of thioether (sulfide) groups is 1. The molecule has 0 saturated carbocycles. The molecule has 0 fully saturated rings. The van der Waals surface area contributed by atoms with Crippen molar-refractivity contribution in [3.05, 3.63) is 83.7 Å². The Hall–Kier alpha value is -3.39. The van der Waals surface area contributed by atoms with Crippen molar-refractivity contribution in [2.45, 2.75) is 31.6 Å². The van der Waals surface area contributed by atoms with Crippen LogP contribution in [0.15, 0.2) is 66.3 Å². The molecule has 1 heterocycles. The number of ether oxygens (including phenoxy) is 1. The van der Waals surface area contributed by atoms with E-state index in [4.69, 9.17) is 4.74 Å². The first-order chi connectivity index (χ1) is 15.4. The first kappa shape index (κ1) is 23.3. The van der Waals surface area contributed by atoms with E-state index < -0.39 is 0 Å². The highest BCUT2D eigenvalue weighted by Gasteiger charge is 2.20. The van der Waals surface area contributed by atoms with Crippen LogP contribution in [0.1, 0.15) is 45.1 Å². The standard InChI is InChI=1S/C24H26N4O3S/c1-5-14-28-22(17(3)25-23(30)19-8-6-16(2)7-9-19)26-27-24(28)32-15-21(29)18-10-12-20(31-4)13-11-18/h5-13,17H,1,14-15H2,2-4H3,(H,25,30)/t17-/m1/s1. The van der Waals surface area contributed by atoms with Crippen LogP contribution in [0, 0.1) is 6.92 Å². The quantitative estimate of drug-likeness (QED) is 0.282. The van der Waals surface area contributed by atoms with Gasteiger partial charge in [-0.25, -0.2) is 0 Å². The number of aromatic nitrogens is 3. The molecule has 0 spiro atoms. The second-order valence-corrected chi connectivity index (χ2v) is 8.18. The minimum absolute atomic E-state index is 0.0203. The van der Waals surface area contributed by atoms with Crippen LogP contribution >= 0.6 is 11.8 Å². The van der Waals surface area contributed by atoms with Crippen LogP contribution in [0.25, 0.3) is 0 Å². The Morgan fingerprint density at radius 1 is 1.12 bits per heavy atom. The summed E-state index contributed by atoms with van der Waals surface area (Å²) in [6.07, 6.45) is 1.73. The largest absolute Gasteiger partial charge is 0.497 e. The number of nitrogens with one attached hydrogen (secondary N) is 1. The lowest BCUT2D eigenvalue weighted by molar-refractivity contribution is 0.0937. The van der Waals surface area contributed by atoms with Gasteiger partial charge in [-0.15, -0.1) is 16.8 Å². The fourth-order valence-electron chi connectivity index (χ4n) is 3.07. The zero-order valence-corrected chi connectivity index (χ0v) is 19.2. The molecule has 0 radical (unpaired) electrons. The topological polar surface area (TPSA) is 86.1 Å². The van der Waals surface area contributed by atoms with E-state index in [-0.39, 0.29) is 23.5 Å². The first-order valence-electron chi connectivity index (χ1n) is 10.1. The number of carbonyl (C=O) groups excluding carboxylic acids is 2. The number of Topliss-reactive ketones (excluding diaryl/α,β-unsaturated/α-hetero) is 1. The van der Waals surface area contributed by atoms with Gasteiger partial charge in [-0.1, -0.05) is 35.5 Å². The Labute approximate surface area is 191 Å². The highest BCUT2D eigenvalue weighted by Crippen LogP contribution is 2.22. The predicted octanol–water partition coefficient (Wildman–Crippen LogP) is 4.25. The van der Waals surface area contributed by atoms with Gasteiger partial charge in [-0.3, -0.25) is 9.59 Å². The van der Waals surface area contributed by atoms with Crippen molar-refractivity contribution in [2.24, 2.45) is 0 Å². The van der Waals surface area contributed by atoms with E-state index >= 15 is 0 Å². The second-order valence-electron chi connectivity index (χ2n) is 7.24. The number of rotatable bonds is 10. The molecule has 166 valence electrons. The van der Waals surface area contributed by atoms with Crippen LogP contribution in [0.5, 0.6) is 5.75 Å². The maximum absolute atomic E-state index is 12.6. The molecule has 1 aromatic heterocycles. The highest BCUT2D eigenvalue weighted by atomic mass is 32.2. The van der Waals surface area contributed by atoms with E-state index in [0.717, 1.165) is 5.56 Å².